The number of nitrogens with zero attached hydrogens (tertiary/aromatic N) is 4. The molecular weight excluding hydrogens is 552 g/mol. The smallest absolute Gasteiger partial charge is 0.118 e. The lowest BCUT2D eigenvalue weighted by Crippen LogP contribution is -2.32. The van der Waals surface area contributed by atoms with Gasteiger partial charge in [-0.25, -0.2) is 4.98 Å². The maximum Gasteiger partial charge on any atom is 0.118 e. The summed E-state index contributed by atoms with van der Waals surface area (Å²) >= 11 is 0. The van der Waals surface area contributed by atoms with Crippen molar-refractivity contribution in [3.05, 3.63) is 139 Å². The molecule has 0 bridgehead atoms. The third kappa shape index (κ3) is 7.51. The summed E-state index contributed by atoms with van der Waals surface area (Å²) in [4.78, 5) is 16.2. The van der Waals surface area contributed by atoms with Crippen LogP contribution in [-0.4, -0.2) is 45.6 Å². The van der Waals surface area contributed by atoms with Crippen molar-refractivity contribution in [2.24, 2.45) is 0 Å². The van der Waals surface area contributed by atoms with Crippen molar-refractivity contribution < 1.29 is 5.11 Å². The highest BCUT2D eigenvalue weighted by Crippen LogP contribution is 2.42. The van der Waals surface area contributed by atoms with E-state index in [-0.39, 0.29) is 0 Å². The van der Waals surface area contributed by atoms with Crippen LogP contribution in [0.4, 0.5) is 0 Å². The van der Waals surface area contributed by atoms with Crippen molar-refractivity contribution in [3.63, 3.8) is 0 Å². The van der Waals surface area contributed by atoms with E-state index in [1.807, 2.05) is 121 Å². The van der Waals surface area contributed by atoms with E-state index >= 15 is 0 Å². The van der Waals surface area contributed by atoms with Crippen LogP contribution in [0.15, 0.2) is 128 Å². The molecule has 6 aromatic rings. The minimum absolute atomic E-state index is 0.500. The Labute approximate surface area is 268 Å². The quantitative estimate of drug-likeness (QED) is 0.190. The molecule has 3 aromatic heterocycles. The number of rotatable bonds is 8. The molecule has 0 aliphatic carbocycles. The summed E-state index contributed by atoms with van der Waals surface area (Å²) in [6, 6.07) is 34.6. The molecule has 1 atom stereocenters. The van der Waals surface area contributed by atoms with Gasteiger partial charge in [0.05, 0.1) is 11.2 Å². The molecule has 3 aromatic carbocycles. The fourth-order valence-corrected chi connectivity index (χ4v) is 5.40. The highest BCUT2D eigenvalue weighted by atomic mass is 16.3. The van der Waals surface area contributed by atoms with Gasteiger partial charge >= 0.3 is 0 Å². The van der Waals surface area contributed by atoms with Crippen molar-refractivity contribution in [1.82, 2.24) is 19.9 Å². The molecule has 0 fully saturated rings. The summed E-state index contributed by atoms with van der Waals surface area (Å²) < 4.78 is 0. The van der Waals surface area contributed by atoms with Crippen LogP contribution in [0.1, 0.15) is 45.2 Å². The molecule has 1 N–H and O–H groups in total. The topological polar surface area (TPSA) is 62.1 Å². The van der Waals surface area contributed by atoms with E-state index in [1.54, 1.807) is 12.4 Å². The molecule has 0 radical (unpaired) electrons. The maximum atomic E-state index is 12.7. The van der Waals surface area contributed by atoms with Crippen LogP contribution in [0.5, 0.6) is 0 Å². The maximum absolute atomic E-state index is 12.7. The third-order valence-electron chi connectivity index (χ3n) is 7.55. The molecule has 45 heavy (non-hydrogen) atoms. The van der Waals surface area contributed by atoms with Crippen LogP contribution >= 0.6 is 0 Å². The Balaban J connectivity index is 0.00000111. The molecule has 0 aliphatic rings. The van der Waals surface area contributed by atoms with Gasteiger partial charge in [-0.15, -0.1) is 0 Å². The highest BCUT2D eigenvalue weighted by molar-refractivity contribution is 5.96. The molecule has 5 nitrogen and oxygen atoms in total. The summed E-state index contributed by atoms with van der Waals surface area (Å²) in [5, 5.41) is 13.7. The Hall–Kier alpha value is -4.71. The summed E-state index contributed by atoms with van der Waals surface area (Å²) in [6.45, 7) is 8.70. The van der Waals surface area contributed by atoms with Crippen LogP contribution in [0.25, 0.3) is 44.4 Å². The zero-order valence-electron chi connectivity index (χ0n) is 27.3. The second-order valence-electron chi connectivity index (χ2n) is 10.6. The van der Waals surface area contributed by atoms with Crippen molar-refractivity contribution in [1.29, 1.82) is 0 Å². The molecule has 1 unspecified atom stereocenters. The Morgan fingerprint density at radius 2 is 1.22 bits per heavy atom. The van der Waals surface area contributed by atoms with Crippen molar-refractivity contribution >= 4 is 10.9 Å². The number of hydrogen-bond acceptors (Lipinski definition) is 5. The zero-order chi connectivity index (χ0) is 32.2. The van der Waals surface area contributed by atoms with Crippen LogP contribution in [0.2, 0.25) is 0 Å². The Bertz CT molecular complexity index is 1760. The minimum atomic E-state index is -1.28. The summed E-state index contributed by atoms with van der Waals surface area (Å²) in [5.74, 6) is 0. The standard InChI is InChI=1S/C36H32N4O.2C2H6/c1-40(2)20-17-36(41,31-15-7-4-8-16-31)33-23-29(27-13-9-18-37-24-27)21-30-22-32(26-11-5-3-6-12-26)34(39-35(30)33)28-14-10-19-38-25-28;2*1-2/h3-16,18-19,21-25,41H,17,20H2,1-2H3;2*1-2H3. The average Bonchev–Trinajstić information content (AvgIpc) is 3.12. The van der Waals surface area contributed by atoms with E-state index in [0.29, 0.717) is 13.0 Å². The second kappa shape index (κ2) is 15.8. The SMILES string of the molecule is CC.CC.CN(C)CCC(O)(c1ccccc1)c1cc(-c2cccnc2)cc2cc(-c3ccccc3)c(-c3cccnc3)nc12. The van der Waals surface area contributed by atoms with E-state index in [2.05, 4.69) is 51.3 Å². The van der Waals surface area contributed by atoms with Crippen molar-refractivity contribution in [3.8, 4) is 33.5 Å². The number of fused-ring (bicyclic) bond motifs is 1. The number of benzene rings is 3. The largest absolute Gasteiger partial charge is 0.380 e. The van der Waals surface area contributed by atoms with Gasteiger partial charge in [0.2, 0.25) is 0 Å². The van der Waals surface area contributed by atoms with Crippen molar-refractivity contribution in [2.75, 3.05) is 20.6 Å². The zero-order valence-corrected chi connectivity index (χ0v) is 27.3. The van der Waals surface area contributed by atoms with Gasteiger partial charge in [-0.3, -0.25) is 9.97 Å². The number of hydrogen-bond donors (Lipinski definition) is 1. The first-order chi connectivity index (χ1) is 22.0. The van der Waals surface area contributed by atoms with Crippen LogP contribution in [0.3, 0.4) is 0 Å². The number of pyridine rings is 3. The van der Waals surface area contributed by atoms with Gasteiger partial charge in [0, 0.05) is 59.0 Å². The molecule has 0 spiro atoms. The van der Waals surface area contributed by atoms with Crippen molar-refractivity contribution in [2.45, 2.75) is 39.7 Å². The van der Waals surface area contributed by atoms with Gasteiger partial charge in [-0.2, -0.15) is 0 Å². The summed E-state index contributed by atoms with van der Waals surface area (Å²) in [6.07, 6.45) is 7.76. The summed E-state index contributed by atoms with van der Waals surface area (Å²) in [5.41, 5.74) is 6.89. The Kier molecular flexibility index (Phi) is 11.7. The molecule has 0 saturated carbocycles. The van der Waals surface area contributed by atoms with E-state index < -0.39 is 5.60 Å². The van der Waals surface area contributed by atoms with Gasteiger partial charge in [0.1, 0.15) is 5.60 Å². The normalized spacial score (nSPS) is 12.0. The van der Waals surface area contributed by atoms with Crippen LogP contribution in [0, 0.1) is 0 Å². The molecule has 230 valence electrons. The monoisotopic (exact) mass is 596 g/mol. The molecule has 3 heterocycles. The van der Waals surface area contributed by atoms with Gasteiger partial charge in [-0.05, 0) is 73.6 Å². The fraction of sp³-hybridized carbons (Fsp3) is 0.225. The van der Waals surface area contributed by atoms with E-state index in [1.165, 1.54) is 0 Å². The first-order valence-electron chi connectivity index (χ1n) is 15.8. The molecule has 5 heteroatoms. The minimum Gasteiger partial charge on any atom is -0.380 e. The van der Waals surface area contributed by atoms with E-state index in [0.717, 1.165) is 55.5 Å². The first kappa shape index (κ1) is 33.2. The molecule has 6 rings (SSSR count). The molecular formula is C40H44N4O. The van der Waals surface area contributed by atoms with Gasteiger partial charge in [-0.1, -0.05) is 94.4 Å². The predicted molar refractivity (Wildman–Crippen MR) is 189 cm³/mol. The lowest BCUT2D eigenvalue weighted by molar-refractivity contribution is 0.0642. The highest BCUT2D eigenvalue weighted by Gasteiger charge is 2.34. The Morgan fingerprint density at radius 1 is 0.644 bits per heavy atom. The van der Waals surface area contributed by atoms with E-state index in [4.69, 9.17) is 4.98 Å². The lowest BCUT2D eigenvalue weighted by Gasteiger charge is -2.32. The molecule has 0 aliphatic heterocycles. The van der Waals surface area contributed by atoms with Gasteiger partial charge in [0.15, 0.2) is 0 Å². The lowest BCUT2D eigenvalue weighted by atomic mass is 9.80. The van der Waals surface area contributed by atoms with Crippen LogP contribution < -0.4 is 0 Å². The van der Waals surface area contributed by atoms with Crippen LogP contribution in [-0.2, 0) is 5.60 Å². The first-order valence-corrected chi connectivity index (χ1v) is 15.8. The van der Waals surface area contributed by atoms with E-state index in [9.17, 15) is 5.11 Å². The predicted octanol–water partition coefficient (Wildman–Crippen LogP) is 9.27. The molecule has 0 saturated heterocycles. The fourth-order valence-electron chi connectivity index (χ4n) is 5.40. The summed E-state index contributed by atoms with van der Waals surface area (Å²) in [7, 11) is 4.06. The van der Waals surface area contributed by atoms with Gasteiger partial charge in [0.25, 0.3) is 0 Å². The third-order valence-corrected chi connectivity index (χ3v) is 7.55. The second-order valence-corrected chi connectivity index (χ2v) is 10.6. The Morgan fingerprint density at radius 3 is 1.80 bits per heavy atom. The molecule has 0 amide bonds. The number of aliphatic hydroxyl groups is 1. The number of aromatic nitrogens is 3. The van der Waals surface area contributed by atoms with Gasteiger partial charge < -0.3 is 10.0 Å². The average molecular weight is 597 g/mol.